The van der Waals surface area contributed by atoms with Gasteiger partial charge in [0.15, 0.2) is 6.61 Å². The second kappa shape index (κ2) is 6.61. The van der Waals surface area contributed by atoms with Gasteiger partial charge in [-0.3, -0.25) is 10.2 Å². The molecule has 0 bridgehead atoms. The van der Waals surface area contributed by atoms with Crippen molar-refractivity contribution >= 4 is 11.6 Å². The third-order valence-electron chi connectivity index (χ3n) is 3.68. The lowest BCUT2D eigenvalue weighted by Gasteiger charge is -2.38. The van der Waals surface area contributed by atoms with Crippen LogP contribution in [0.1, 0.15) is 33.1 Å². The van der Waals surface area contributed by atoms with Crippen molar-refractivity contribution in [1.82, 2.24) is 10.4 Å². The fraction of sp³-hybridized carbons (Fsp3) is 0.533. The number of carbonyl (C=O) groups is 1. The lowest BCUT2D eigenvalue weighted by molar-refractivity contribution is -0.131. The Bertz CT molecular complexity index is 454. The van der Waals surface area contributed by atoms with Crippen LogP contribution < -0.4 is 15.9 Å². The molecule has 0 aliphatic carbocycles. The summed E-state index contributed by atoms with van der Waals surface area (Å²) in [6.45, 7) is 4.27. The van der Waals surface area contributed by atoms with Crippen LogP contribution >= 0.6 is 0 Å². The lowest BCUT2D eigenvalue weighted by Crippen LogP contribution is -2.55. The van der Waals surface area contributed by atoms with Crippen molar-refractivity contribution in [3.8, 4) is 5.75 Å². The quantitative estimate of drug-likeness (QED) is 0.825. The summed E-state index contributed by atoms with van der Waals surface area (Å²) >= 11 is 0. The molecule has 1 heterocycles. The number of piperidine rings is 1. The van der Waals surface area contributed by atoms with Gasteiger partial charge in [0.2, 0.25) is 0 Å². The number of hydrogen-bond donors (Lipinski definition) is 2. The average molecular weight is 277 g/mol. The molecule has 0 radical (unpaired) electrons. The number of nitrogens with two attached hydrogens (primary N) is 1. The first kappa shape index (κ1) is 14.7. The second-order valence-corrected chi connectivity index (χ2v) is 5.43. The summed E-state index contributed by atoms with van der Waals surface area (Å²) in [4.78, 5) is 12.0. The predicted octanol–water partition coefficient (Wildman–Crippen LogP) is 1.94. The molecule has 5 heteroatoms. The molecule has 1 aliphatic rings. The maximum atomic E-state index is 12.0. The van der Waals surface area contributed by atoms with E-state index in [0.29, 0.717) is 23.5 Å². The SMILES string of the molecule is CC1CCCC(C)N1NC(=O)COc1cccc(N)c1. The minimum Gasteiger partial charge on any atom is -0.484 e. The van der Waals surface area contributed by atoms with Gasteiger partial charge >= 0.3 is 0 Å². The van der Waals surface area contributed by atoms with E-state index >= 15 is 0 Å². The topological polar surface area (TPSA) is 67.6 Å². The van der Waals surface area contributed by atoms with Gasteiger partial charge in [0.1, 0.15) is 5.75 Å². The molecule has 5 nitrogen and oxygen atoms in total. The van der Waals surface area contributed by atoms with Crippen LogP contribution in [0.4, 0.5) is 5.69 Å². The van der Waals surface area contributed by atoms with E-state index in [9.17, 15) is 4.79 Å². The van der Waals surface area contributed by atoms with Gasteiger partial charge in [0.25, 0.3) is 5.91 Å². The van der Waals surface area contributed by atoms with E-state index in [1.807, 2.05) is 5.01 Å². The van der Waals surface area contributed by atoms with Crippen molar-refractivity contribution < 1.29 is 9.53 Å². The van der Waals surface area contributed by atoms with Crippen molar-refractivity contribution in [2.75, 3.05) is 12.3 Å². The molecule has 1 aromatic carbocycles. The molecular formula is C15H23N3O2. The van der Waals surface area contributed by atoms with Crippen molar-refractivity contribution in [3.63, 3.8) is 0 Å². The number of anilines is 1. The average Bonchev–Trinajstić information content (AvgIpc) is 2.41. The van der Waals surface area contributed by atoms with Gasteiger partial charge in [-0.05, 0) is 38.8 Å². The van der Waals surface area contributed by atoms with Gasteiger partial charge in [0, 0.05) is 23.8 Å². The Morgan fingerprint density at radius 3 is 2.75 bits per heavy atom. The lowest BCUT2D eigenvalue weighted by atomic mass is 10.00. The highest BCUT2D eigenvalue weighted by atomic mass is 16.5. The first-order valence-corrected chi connectivity index (χ1v) is 7.12. The number of amides is 1. The molecule has 1 aromatic rings. The molecule has 0 aromatic heterocycles. The number of ether oxygens (including phenoxy) is 1. The maximum Gasteiger partial charge on any atom is 0.272 e. The molecule has 0 saturated carbocycles. The van der Waals surface area contributed by atoms with Crippen LogP contribution in [0, 0.1) is 0 Å². The maximum absolute atomic E-state index is 12.0. The zero-order chi connectivity index (χ0) is 14.5. The number of benzene rings is 1. The van der Waals surface area contributed by atoms with E-state index in [0.717, 1.165) is 12.8 Å². The number of nitrogen functional groups attached to an aromatic ring is 1. The standard InChI is InChI=1S/C15H23N3O2/c1-11-5-3-6-12(2)18(11)17-15(19)10-20-14-8-4-7-13(16)9-14/h4,7-9,11-12H,3,5-6,10,16H2,1-2H3,(H,17,19). The Balaban J connectivity index is 1.83. The summed E-state index contributed by atoms with van der Waals surface area (Å²) < 4.78 is 5.44. The molecule has 2 atom stereocenters. The van der Waals surface area contributed by atoms with Crippen molar-refractivity contribution in [1.29, 1.82) is 0 Å². The highest BCUT2D eigenvalue weighted by Crippen LogP contribution is 2.20. The van der Waals surface area contributed by atoms with Gasteiger partial charge in [-0.1, -0.05) is 12.5 Å². The summed E-state index contributed by atoms with van der Waals surface area (Å²) in [6.07, 6.45) is 3.44. The summed E-state index contributed by atoms with van der Waals surface area (Å²) in [6, 6.07) is 7.82. The van der Waals surface area contributed by atoms with E-state index in [1.54, 1.807) is 24.3 Å². The molecule has 3 N–H and O–H groups in total. The molecule has 2 unspecified atom stereocenters. The molecule has 1 aliphatic heterocycles. The van der Waals surface area contributed by atoms with Crippen molar-refractivity contribution in [2.45, 2.75) is 45.2 Å². The summed E-state index contributed by atoms with van der Waals surface area (Å²) in [5, 5.41) is 2.04. The van der Waals surface area contributed by atoms with Gasteiger partial charge in [-0.25, -0.2) is 5.01 Å². The minimum absolute atomic E-state index is 0.000602. The molecular weight excluding hydrogens is 254 g/mol. The van der Waals surface area contributed by atoms with Crippen LogP contribution in [0.3, 0.4) is 0 Å². The van der Waals surface area contributed by atoms with Crippen molar-refractivity contribution in [2.24, 2.45) is 0 Å². The highest BCUT2D eigenvalue weighted by Gasteiger charge is 2.26. The van der Waals surface area contributed by atoms with Gasteiger partial charge in [0.05, 0.1) is 0 Å². The summed E-state index contributed by atoms with van der Waals surface area (Å²) in [5.41, 5.74) is 9.23. The van der Waals surface area contributed by atoms with Crippen LogP contribution in [-0.2, 0) is 4.79 Å². The van der Waals surface area contributed by atoms with Gasteiger partial charge in [-0.2, -0.15) is 0 Å². The number of hydrogen-bond acceptors (Lipinski definition) is 4. The van der Waals surface area contributed by atoms with Gasteiger partial charge in [-0.15, -0.1) is 0 Å². The van der Waals surface area contributed by atoms with Crippen LogP contribution in [0.2, 0.25) is 0 Å². The molecule has 1 amide bonds. The Labute approximate surface area is 120 Å². The molecule has 1 fully saturated rings. The highest BCUT2D eigenvalue weighted by molar-refractivity contribution is 5.77. The second-order valence-electron chi connectivity index (χ2n) is 5.43. The Morgan fingerprint density at radius 2 is 2.10 bits per heavy atom. The summed E-state index contributed by atoms with van der Waals surface area (Å²) in [5.74, 6) is 0.480. The van der Waals surface area contributed by atoms with Crippen LogP contribution in [0.15, 0.2) is 24.3 Å². The number of rotatable bonds is 4. The van der Waals surface area contributed by atoms with Crippen LogP contribution in [0.25, 0.3) is 0 Å². The van der Waals surface area contributed by atoms with Gasteiger partial charge < -0.3 is 10.5 Å². The Kier molecular flexibility index (Phi) is 4.84. The third-order valence-corrected chi connectivity index (χ3v) is 3.68. The summed E-state index contributed by atoms with van der Waals surface area (Å²) in [7, 11) is 0. The first-order valence-electron chi connectivity index (χ1n) is 7.12. The molecule has 2 rings (SSSR count). The minimum atomic E-state index is -0.131. The number of carbonyl (C=O) groups excluding carboxylic acids is 1. The van der Waals surface area contributed by atoms with E-state index in [4.69, 9.17) is 10.5 Å². The first-order chi connectivity index (χ1) is 9.56. The van der Waals surface area contributed by atoms with E-state index in [1.165, 1.54) is 6.42 Å². The number of hydrazine groups is 1. The molecule has 1 saturated heterocycles. The van der Waals surface area contributed by atoms with E-state index in [-0.39, 0.29) is 12.5 Å². The smallest absolute Gasteiger partial charge is 0.272 e. The number of nitrogens with zero attached hydrogens (tertiary/aromatic N) is 1. The Hall–Kier alpha value is -1.75. The largest absolute Gasteiger partial charge is 0.484 e. The zero-order valence-electron chi connectivity index (χ0n) is 12.1. The fourth-order valence-electron chi connectivity index (χ4n) is 2.57. The normalized spacial score (nSPS) is 23.3. The fourth-order valence-corrected chi connectivity index (χ4v) is 2.57. The third kappa shape index (κ3) is 3.87. The molecule has 20 heavy (non-hydrogen) atoms. The van der Waals surface area contributed by atoms with E-state index < -0.39 is 0 Å². The molecule has 110 valence electrons. The molecule has 0 spiro atoms. The number of nitrogens with one attached hydrogen (secondary N) is 1. The predicted molar refractivity (Wildman–Crippen MR) is 79.1 cm³/mol. The zero-order valence-corrected chi connectivity index (χ0v) is 12.1. The Morgan fingerprint density at radius 1 is 1.40 bits per heavy atom. The van der Waals surface area contributed by atoms with E-state index in [2.05, 4.69) is 19.3 Å². The monoisotopic (exact) mass is 277 g/mol. The van der Waals surface area contributed by atoms with Crippen LogP contribution in [0.5, 0.6) is 5.75 Å². The van der Waals surface area contributed by atoms with Crippen LogP contribution in [-0.4, -0.2) is 29.6 Å². The van der Waals surface area contributed by atoms with Crippen molar-refractivity contribution in [3.05, 3.63) is 24.3 Å².